The zero-order valence-corrected chi connectivity index (χ0v) is 22.7. The maximum absolute atomic E-state index is 14.0. The van der Waals surface area contributed by atoms with E-state index in [1.165, 1.54) is 11.8 Å². The smallest absolute Gasteiger partial charge is 0.330 e. The third-order valence-corrected chi connectivity index (χ3v) is 7.07. The number of aryl methyl sites for hydroxylation is 1. The molecule has 1 amide bonds. The third-order valence-electron chi connectivity index (χ3n) is 6.43. The number of carbonyl (C=O) groups excluding carboxylic acids is 2. The van der Waals surface area contributed by atoms with E-state index >= 15 is 0 Å². The van der Waals surface area contributed by atoms with Gasteiger partial charge in [-0.25, -0.2) is 9.59 Å². The Bertz CT molecular complexity index is 1280. The lowest BCUT2D eigenvalue weighted by Gasteiger charge is -2.25. The van der Waals surface area contributed by atoms with Gasteiger partial charge in [-0.05, 0) is 44.3 Å². The minimum absolute atomic E-state index is 0.217. The largest absolute Gasteiger partial charge is 0.461 e. The molecule has 11 nitrogen and oxygen atoms in total. The van der Waals surface area contributed by atoms with Crippen LogP contribution in [0.15, 0.2) is 46.1 Å². The average molecular weight is 566 g/mol. The molecule has 1 aromatic heterocycles. The van der Waals surface area contributed by atoms with E-state index < -0.39 is 59.4 Å². The molecule has 4 rings (SSSR count). The van der Waals surface area contributed by atoms with Gasteiger partial charge in [-0.3, -0.25) is 19.1 Å². The van der Waals surface area contributed by atoms with Crippen LogP contribution in [-0.4, -0.2) is 70.2 Å². The Morgan fingerprint density at radius 1 is 1.21 bits per heavy atom. The summed E-state index contributed by atoms with van der Waals surface area (Å²) >= 11 is 1.53. The second kappa shape index (κ2) is 12.5. The topological polar surface area (TPSA) is 138 Å². The first-order chi connectivity index (χ1) is 18.6. The first-order valence-corrected chi connectivity index (χ1v) is 14.0. The van der Waals surface area contributed by atoms with E-state index in [0.29, 0.717) is 18.6 Å². The van der Waals surface area contributed by atoms with Crippen molar-refractivity contribution in [2.75, 3.05) is 18.6 Å². The molecule has 2 aliphatic rings. The number of benzene rings is 1. The SMILES string of the molecule is CSCC[C@H](NC(=O)CCc1ccccc1)C(=O)OC[C@H]1O[C@@H](n2cc(F)c(=O)[nH]c2=O)[C@@H]2OC(C)(C)O[C@@H]21. The Hall–Kier alpha value is -3.00. The zero-order chi connectivity index (χ0) is 28.2. The number of esters is 1. The van der Waals surface area contributed by atoms with E-state index in [9.17, 15) is 23.6 Å². The van der Waals surface area contributed by atoms with E-state index in [0.717, 1.165) is 16.3 Å². The van der Waals surface area contributed by atoms with Gasteiger partial charge < -0.3 is 24.3 Å². The van der Waals surface area contributed by atoms with E-state index in [1.54, 1.807) is 13.8 Å². The Morgan fingerprint density at radius 2 is 1.92 bits per heavy atom. The molecule has 212 valence electrons. The summed E-state index contributed by atoms with van der Waals surface area (Å²) < 4.78 is 38.1. The lowest BCUT2D eigenvalue weighted by Crippen LogP contribution is -2.44. The molecule has 2 aromatic rings. The lowest BCUT2D eigenvalue weighted by molar-refractivity contribution is -0.203. The lowest BCUT2D eigenvalue weighted by atomic mass is 10.1. The number of rotatable bonds is 11. The summed E-state index contributed by atoms with van der Waals surface area (Å²) in [5, 5.41) is 2.77. The van der Waals surface area contributed by atoms with Gasteiger partial charge in [0.15, 0.2) is 12.0 Å². The molecule has 2 N–H and O–H groups in total. The van der Waals surface area contributed by atoms with Gasteiger partial charge in [0, 0.05) is 6.42 Å². The van der Waals surface area contributed by atoms with Crippen molar-refractivity contribution in [1.82, 2.24) is 14.9 Å². The number of aromatic amines is 1. The molecule has 13 heteroatoms. The zero-order valence-electron chi connectivity index (χ0n) is 21.9. The number of nitrogens with one attached hydrogen (secondary N) is 2. The molecule has 2 fully saturated rings. The molecular formula is C26H32FN3O8S. The molecule has 0 bridgehead atoms. The fourth-order valence-corrected chi connectivity index (χ4v) is 5.06. The number of amides is 1. The van der Waals surface area contributed by atoms with Crippen LogP contribution in [0.1, 0.15) is 38.5 Å². The van der Waals surface area contributed by atoms with Crippen LogP contribution in [0.25, 0.3) is 0 Å². The average Bonchev–Trinajstić information content (AvgIpc) is 3.39. The minimum Gasteiger partial charge on any atom is -0.461 e. The number of fused-ring (bicyclic) bond motifs is 1. The Kier molecular flexibility index (Phi) is 9.26. The predicted octanol–water partition coefficient (Wildman–Crippen LogP) is 1.51. The quantitative estimate of drug-likeness (QED) is 0.388. The van der Waals surface area contributed by atoms with Gasteiger partial charge in [0.1, 0.15) is 31.0 Å². The molecule has 0 radical (unpaired) electrons. The molecule has 1 aromatic carbocycles. The highest BCUT2D eigenvalue weighted by Gasteiger charge is 2.56. The summed E-state index contributed by atoms with van der Waals surface area (Å²) in [4.78, 5) is 51.3. The van der Waals surface area contributed by atoms with Crippen molar-refractivity contribution in [3.63, 3.8) is 0 Å². The predicted molar refractivity (Wildman–Crippen MR) is 140 cm³/mol. The standard InChI is InChI=1S/C26H32FN3O8S/c1-26(2)37-20-18(36-23(21(20)38-26)30-13-16(27)22(32)29-25(30)34)14-35-24(33)17(11-12-39-3)28-19(31)10-9-15-7-5-4-6-8-15/h4-8,13,17-18,20-21,23H,9-12,14H2,1-3H3,(H,28,31)(H,29,32,34)/t17-,18+,20+,21+,23+/m0/s1. The van der Waals surface area contributed by atoms with E-state index in [-0.39, 0.29) is 18.9 Å². The molecule has 3 heterocycles. The first kappa shape index (κ1) is 29.0. The van der Waals surface area contributed by atoms with Crippen LogP contribution < -0.4 is 16.6 Å². The van der Waals surface area contributed by atoms with Crippen LogP contribution in [0.4, 0.5) is 4.39 Å². The molecule has 39 heavy (non-hydrogen) atoms. The highest BCUT2D eigenvalue weighted by molar-refractivity contribution is 7.98. The van der Waals surface area contributed by atoms with E-state index in [4.69, 9.17) is 18.9 Å². The number of carbonyl (C=O) groups is 2. The minimum atomic E-state index is -1.16. The number of H-pyrrole nitrogens is 1. The van der Waals surface area contributed by atoms with Crippen molar-refractivity contribution in [1.29, 1.82) is 0 Å². The van der Waals surface area contributed by atoms with Gasteiger partial charge in [-0.2, -0.15) is 16.2 Å². The van der Waals surface area contributed by atoms with Crippen molar-refractivity contribution in [2.45, 2.75) is 69.5 Å². The Morgan fingerprint density at radius 3 is 2.64 bits per heavy atom. The van der Waals surface area contributed by atoms with E-state index in [1.807, 2.05) is 41.6 Å². The van der Waals surface area contributed by atoms with Gasteiger partial charge in [-0.1, -0.05) is 30.3 Å². The number of hydrogen-bond acceptors (Lipinski definition) is 9. The molecular weight excluding hydrogens is 533 g/mol. The Balaban J connectivity index is 1.41. The molecule has 0 saturated carbocycles. The number of aromatic nitrogens is 2. The third kappa shape index (κ3) is 7.15. The number of halogens is 1. The summed E-state index contributed by atoms with van der Waals surface area (Å²) in [6, 6.07) is 8.70. The highest BCUT2D eigenvalue weighted by atomic mass is 32.2. The molecule has 0 aliphatic carbocycles. The summed E-state index contributed by atoms with van der Waals surface area (Å²) in [6.45, 7) is 3.09. The van der Waals surface area contributed by atoms with Crippen molar-refractivity contribution in [3.05, 3.63) is 68.7 Å². The van der Waals surface area contributed by atoms with Crippen LogP contribution >= 0.6 is 11.8 Å². The van der Waals surface area contributed by atoms with Gasteiger partial charge in [0.2, 0.25) is 11.7 Å². The van der Waals surface area contributed by atoms with Crippen LogP contribution in [0.3, 0.4) is 0 Å². The molecule has 0 unspecified atom stereocenters. The van der Waals surface area contributed by atoms with E-state index in [2.05, 4.69) is 5.32 Å². The van der Waals surface area contributed by atoms with Crippen LogP contribution in [0, 0.1) is 5.82 Å². The van der Waals surface area contributed by atoms with Crippen molar-refractivity contribution in [3.8, 4) is 0 Å². The van der Waals surface area contributed by atoms with Crippen LogP contribution in [-0.2, 0) is 35.0 Å². The summed E-state index contributed by atoms with van der Waals surface area (Å²) in [7, 11) is 0. The highest BCUT2D eigenvalue weighted by Crippen LogP contribution is 2.42. The number of thioether (sulfide) groups is 1. The van der Waals surface area contributed by atoms with Crippen molar-refractivity contribution < 1.29 is 32.9 Å². The monoisotopic (exact) mass is 565 g/mol. The first-order valence-electron chi connectivity index (χ1n) is 12.6. The van der Waals surface area contributed by atoms with Crippen molar-refractivity contribution >= 4 is 23.6 Å². The van der Waals surface area contributed by atoms with Gasteiger partial charge in [0.05, 0.1) is 6.20 Å². The number of nitrogens with zero attached hydrogens (tertiary/aromatic N) is 1. The maximum atomic E-state index is 14.0. The number of ether oxygens (including phenoxy) is 4. The normalized spacial score (nSPS) is 24.2. The molecule has 5 atom stereocenters. The summed E-state index contributed by atoms with van der Waals surface area (Å²) in [6.07, 6.45) is 0.191. The molecule has 0 spiro atoms. The summed E-state index contributed by atoms with van der Waals surface area (Å²) in [5.74, 6) is -2.49. The van der Waals surface area contributed by atoms with Gasteiger partial charge >= 0.3 is 11.7 Å². The fourth-order valence-electron chi connectivity index (χ4n) is 4.59. The van der Waals surface area contributed by atoms with Crippen molar-refractivity contribution in [2.24, 2.45) is 0 Å². The van der Waals surface area contributed by atoms with Crippen LogP contribution in [0.5, 0.6) is 0 Å². The second-order valence-corrected chi connectivity index (χ2v) is 10.8. The second-order valence-electron chi connectivity index (χ2n) is 9.79. The van der Waals surface area contributed by atoms with Crippen LogP contribution in [0.2, 0.25) is 0 Å². The van der Waals surface area contributed by atoms with Gasteiger partial charge in [-0.15, -0.1) is 0 Å². The molecule has 2 aliphatic heterocycles. The molecule has 2 saturated heterocycles. The maximum Gasteiger partial charge on any atom is 0.330 e. The van der Waals surface area contributed by atoms with Gasteiger partial charge in [0.25, 0.3) is 5.56 Å². The Labute approximate surface area is 228 Å². The number of hydrogen-bond donors (Lipinski definition) is 2. The fraction of sp³-hybridized carbons (Fsp3) is 0.538. The summed E-state index contributed by atoms with van der Waals surface area (Å²) in [5.41, 5.74) is -1.02.